The van der Waals surface area contributed by atoms with E-state index in [1.54, 1.807) is 6.92 Å². The minimum atomic E-state index is -1.11. The summed E-state index contributed by atoms with van der Waals surface area (Å²) in [5.41, 5.74) is -1.11. The number of halogens is 1. The van der Waals surface area contributed by atoms with Crippen molar-refractivity contribution in [3.05, 3.63) is 0 Å². The lowest BCUT2D eigenvalue weighted by Gasteiger charge is -2.32. The van der Waals surface area contributed by atoms with E-state index in [1.807, 2.05) is 0 Å². The van der Waals surface area contributed by atoms with Crippen LogP contribution < -0.4 is 10.6 Å². The average Bonchev–Trinajstić information content (AvgIpc) is 2.13. The number of carbonyl (C=O) groups is 2. The minimum Gasteiger partial charge on any atom is -0.467 e. The SMILES string of the molecule is COCC(C)(NC(=O)C1CNC1)C(=O)OC.Cl. The quantitative estimate of drug-likeness (QED) is 0.645. The molecule has 7 heteroatoms. The number of amides is 1. The average molecular weight is 267 g/mol. The molecule has 1 heterocycles. The monoisotopic (exact) mass is 266 g/mol. The Morgan fingerprint density at radius 2 is 2.00 bits per heavy atom. The molecule has 1 fully saturated rings. The van der Waals surface area contributed by atoms with Crippen LogP contribution in [0.25, 0.3) is 0 Å². The van der Waals surface area contributed by atoms with Gasteiger partial charge in [-0.2, -0.15) is 0 Å². The van der Waals surface area contributed by atoms with Crippen LogP contribution >= 0.6 is 12.4 Å². The first kappa shape index (κ1) is 16.1. The lowest BCUT2D eigenvalue weighted by Crippen LogP contribution is -2.61. The molecule has 100 valence electrons. The van der Waals surface area contributed by atoms with Gasteiger partial charge in [-0.3, -0.25) is 4.79 Å². The van der Waals surface area contributed by atoms with Crippen LogP contribution in [0.15, 0.2) is 0 Å². The first-order valence-electron chi connectivity index (χ1n) is 5.13. The molecule has 1 atom stereocenters. The van der Waals surface area contributed by atoms with Crippen molar-refractivity contribution in [3.63, 3.8) is 0 Å². The molecule has 0 spiro atoms. The fourth-order valence-electron chi connectivity index (χ4n) is 1.51. The van der Waals surface area contributed by atoms with Crippen molar-refractivity contribution in [1.82, 2.24) is 10.6 Å². The van der Waals surface area contributed by atoms with E-state index < -0.39 is 11.5 Å². The zero-order valence-corrected chi connectivity index (χ0v) is 11.1. The van der Waals surface area contributed by atoms with Crippen LogP contribution in [-0.4, -0.2) is 51.3 Å². The molecule has 1 aliphatic heterocycles. The van der Waals surface area contributed by atoms with Crippen LogP contribution in [0, 0.1) is 5.92 Å². The van der Waals surface area contributed by atoms with Crippen molar-refractivity contribution in [2.24, 2.45) is 5.92 Å². The summed E-state index contributed by atoms with van der Waals surface area (Å²) in [6.07, 6.45) is 0. The molecule has 0 aliphatic carbocycles. The fraction of sp³-hybridized carbons (Fsp3) is 0.800. The second kappa shape index (κ2) is 6.78. The molecular weight excluding hydrogens is 248 g/mol. The topological polar surface area (TPSA) is 76.7 Å². The Kier molecular flexibility index (Phi) is 6.44. The van der Waals surface area contributed by atoms with Crippen molar-refractivity contribution in [2.75, 3.05) is 33.9 Å². The maximum Gasteiger partial charge on any atom is 0.333 e. The van der Waals surface area contributed by atoms with Gasteiger partial charge in [0, 0.05) is 20.2 Å². The zero-order valence-electron chi connectivity index (χ0n) is 10.2. The van der Waals surface area contributed by atoms with E-state index in [0.717, 1.165) is 0 Å². The highest BCUT2D eigenvalue weighted by molar-refractivity contribution is 5.89. The summed E-state index contributed by atoms with van der Waals surface area (Å²) in [5.74, 6) is -0.723. The summed E-state index contributed by atoms with van der Waals surface area (Å²) in [4.78, 5) is 23.3. The summed E-state index contributed by atoms with van der Waals surface area (Å²) in [7, 11) is 2.76. The Morgan fingerprint density at radius 3 is 2.35 bits per heavy atom. The Bertz CT molecular complexity index is 283. The van der Waals surface area contributed by atoms with Crippen molar-refractivity contribution < 1.29 is 19.1 Å². The highest BCUT2D eigenvalue weighted by Gasteiger charge is 2.38. The predicted molar refractivity (Wildman–Crippen MR) is 64.0 cm³/mol. The second-order valence-corrected chi connectivity index (χ2v) is 4.10. The largest absolute Gasteiger partial charge is 0.467 e. The summed E-state index contributed by atoms with van der Waals surface area (Å²) in [6, 6.07) is 0. The van der Waals surface area contributed by atoms with E-state index in [4.69, 9.17) is 4.74 Å². The molecule has 0 bridgehead atoms. The van der Waals surface area contributed by atoms with Crippen LogP contribution in [0.5, 0.6) is 0 Å². The van der Waals surface area contributed by atoms with Gasteiger partial charge in [-0.1, -0.05) is 0 Å². The molecule has 6 nitrogen and oxygen atoms in total. The summed E-state index contributed by atoms with van der Waals surface area (Å²) in [5, 5.41) is 5.66. The Morgan fingerprint density at radius 1 is 1.41 bits per heavy atom. The predicted octanol–water partition coefficient (Wildman–Crippen LogP) is -0.678. The van der Waals surface area contributed by atoms with Crippen LogP contribution in [-0.2, 0) is 19.1 Å². The minimum absolute atomic E-state index is 0. The molecule has 1 rings (SSSR count). The molecule has 0 radical (unpaired) electrons. The number of nitrogens with one attached hydrogen (secondary N) is 2. The second-order valence-electron chi connectivity index (χ2n) is 4.10. The third-order valence-corrected chi connectivity index (χ3v) is 2.62. The maximum absolute atomic E-state index is 11.7. The van der Waals surface area contributed by atoms with Crippen LogP contribution in [0.4, 0.5) is 0 Å². The fourth-order valence-corrected chi connectivity index (χ4v) is 1.51. The smallest absolute Gasteiger partial charge is 0.333 e. The number of carbonyl (C=O) groups excluding carboxylic acids is 2. The van der Waals surface area contributed by atoms with Crippen molar-refractivity contribution in [3.8, 4) is 0 Å². The molecule has 0 aromatic rings. The van der Waals surface area contributed by atoms with Crippen molar-refractivity contribution >= 4 is 24.3 Å². The van der Waals surface area contributed by atoms with Gasteiger partial charge in [0.1, 0.15) is 0 Å². The van der Waals surface area contributed by atoms with Gasteiger partial charge in [0.15, 0.2) is 5.54 Å². The van der Waals surface area contributed by atoms with Crippen LogP contribution in [0.2, 0.25) is 0 Å². The molecule has 1 unspecified atom stereocenters. The number of hydrogen-bond acceptors (Lipinski definition) is 5. The van der Waals surface area contributed by atoms with Gasteiger partial charge < -0.3 is 20.1 Å². The first-order chi connectivity index (χ1) is 7.53. The number of methoxy groups -OCH3 is 2. The third-order valence-electron chi connectivity index (χ3n) is 2.62. The zero-order chi connectivity index (χ0) is 12.2. The number of esters is 1. The lowest BCUT2D eigenvalue weighted by atomic mass is 9.98. The highest BCUT2D eigenvalue weighted by atomic mass is 35.5. The Hall–Kier alpha value is -0.850. The highest BCUT2D eigenvalue weighted by Crippen LogP contribution is 2.10. The van der Waals surface area contributed by atoms with E-state index in [1.165, 1.54) is 14.2 Å². The van der Waals surface area contributed by atoms with Gasteiger partial charge in [-0.25, -0.2) is 4.79 Å². The van der Waals surface area contributed by atoms with Gasteiger partial charge in [-0.15, -0.1) is 12.4 Å². The molecule has 1 aliphatic rings. The summed E-state index contributed by atoms with van der Waals surface area (Å²) >= 11 is 0. The van der Waals surface area contributed by atoms with Gasteiger partial charge in [0.2, 0.25) is 5.91 Å². The van der Waals surface area contributed by atoms with E-state index >= 15 is 0 Å². The Labute approximate surface area is 107 Å². The lowest BCUT2D eigenvalue weighted by molar-refractivity contribution is -0.153. The van der Waals surface area contributed by atoms with Gasteiger partial charge in [0.05, 0.1) is 19.6 Å². The molecule has 0 saturated carbocycles. The summed E-state index contributed by atoms with van der Waals surface area (Å²) in [6.45, 7) is 2.98. The van der Waals surface area contributed by atoms with Crippen molar-refractivity contribution in [2.45, 2.75) is 12.5 Å². The van der Waals surface area contributed by atoms with Crippen LogP contribution in [0.1, 0.15) is 6.92 Å². The van der Waals surface area contributed by atoms with E-state index in [-0.39, 0.29) is 30.8 Å². The standard InChI is InChI=1S/C10H18N2O4.ClH/c1-10(6-15-2,9(14)16-3)12-8(13)7-4-11-5-7;/h7,11H,4-6H2,1-3H3,(H,12,13);1H. The normalized spacial score (nSPS) is 18.3. The Balaban J connectivity index is 0.00000256. The third kappa shape index (κ3) is 3.83. The summed E-state index contributed by atoms with van der Waals surface area (Å²) < 4.78 is 9.58. The van der Waals surface area contributed by atoms with E-state index in [9.17, 15) is 9.59 Å². The number of ether oxygens (including phenoxy) is 2. The number of hydrogen-bond donors (Lipinski definition) is 2. The van der Waals surface area contributed by atoms with Gasteiger partial charge in [0.25, 0.3) is 0 Å². The molecule has 17 heavy (non-hydrogen) atoms. The molecule has 1 amide bonds. The van der Waals surface area contributed by atoms with E-state index in [2.05, 4.69) is 15.4 Å². The first-order valence-corrected chi connectivity index (χ1v) is 5.13. The van der Waals surface area contributed by atoms with Gasteiger partial charge >= 0.3 is 5.97 Å². The molecule has 1 saturated heterocycles. The van der Waals surface area contributed by atoms with Crippen molar-refractivity contribution in [1.29, 1.82) is 0 Å². The maximum atomic E-state index is 11.7. The number of rotatable bonds is 5. The molecule has 0 aromatic heterocycles. The van der Waals surface area contributed by atoms with Gasteiger partial charge in [-0.05, 0) is 6.92 Å². The molecular formula is C10H19ClN2O4. The molecule has 0 aromatic carbocycles. The van der Waals surface area contributed by atoms with Crippen LogP contribution in [0.3, 0.4) is 0 Å². The molecule has 2 N–H and O–H groups in total. The van der Waals surface area contributed by atoms with E-state index in [0.29, 0.717) is 13.1 Å².